The summed E-state index contributed by atoms with van der Waals surface area (Å²) in [6.07, 6.45) is 7.98. The molecule has 0 bridgehead atoms. The number of ether oxygens (including phenoxy) is 1. The summed E-state index contributed by atoms with van der Waals surface area (Å²) in [5, 5.41) is 3.87. The number of rotatable bonds is 6. The zero-order chi connectivity index (χ0) is 14.4. The molecule has 1 saturated carbocycles. The van der Waals surface area contributed by atoms with E-state index >= 15 is 0 Å². The fourth-order valence-corrected chi connectivity index (χ4v) is 3.46. The molecule has 2 rings (SSSR count). The van der Waals surface area contributed by atoms with Crippen LogP contribution in [0, 0.1) is 5.92 Å². The maximum absolute atomic E-state index is 5.21. The van der Waals surface area contributed by atoms with Crippen LogP contribution >= 0.6 is 0 Å². The van der Waals surface area contributed by atoms with Crippen molar-refractivity contribution in [2.75, 3.05) is 7.11 Å². The van der Waals surface area contributed by atoms with Crippen LogP contribution in [0.2, 0.25) is 0 Å². The van der Waals surface area contributed by atoms with Gasteiger partial charge >= 0.3 is 0 Å². The summed E-state index contributed by atoms with van der Waals surface area (Å²) in [6, 6.07) is 9.72. The van der Waals surface area contributed by atoms with E-state index in [2.05, 4.69) is 43.4 Å². The quantitative estimate of drug-likeness (QED) is 0.840. The lowest BCUT2D eigenvalue weighted by atomic mass is 9.82. The van der Waals surface area contributed by atoms with Crippen molar-refractivity contribution in [1.29, 1.82) is 0 Å². The van der Waals surface area contributed by atoms with Crippen molar-refractivity contribution < 1.29 is 4.74 Å². The standard InChI is InChI=1S/C18H29NO/c1-4-16-7-5-6-8-18(16)19-14(2)13-15-9-11-17(20-3)12-10-15/h9-12,14,16,18-19H,4-8,13H2,1-3H3. The SMILES string of the molecule is CCC1CCCCC1NC(C)Cc1ccc(OC)cc1. The smallest absolute Gasteiger partial charge is 0.118 e. The first-order valence-electron chi connectivity index (χ1n) is 8.12. The molecule has 112 valence electrons. The monoisotopic (exact) mass is 275 g/mol. The lowest BCUT2D eigenvalue weighted by molar-refractivity contribution is 0.239. The van der Waals surface area contributed by atoms with Gasteiger partial charge in [-0.1, -0.05) is 38.3 Å². The first-order valence-corrected chi connectivity index (χ1v) is 8.12. The molecule has 1 aliphatic rings. The number of benzene rings is 1. The first kappa shape index (κ1) is 15.4. The van der Waals surface area contributed by atoms with Crippen molar-refractivity contribution in [3.05, 3.63) is 29.8 Å². The summed E-state index contributed by atoms with van der Waals surface area (Å²) in [4.78, 5) is 0. The average Bonchev–Trinajstić information content (AvgIpc) is 2.48. The average molecular weight is 275 g/mol. The summed E-state index contributed by atoms with van der Waals surface area (Å²) in [6.45, 7) is 4.64. The highest BCUT2D eigenvalue weighted by atomic mass is 16.5. The van der Waals surface area contributed by atoms with E-state index in [4.69, 9.17) is 4.74 Å². The molecule has 0 spiro atoms. The molecule has 0 aromatic heterocycles. The Morgan fingerprint density at radius 2 is 1.90 bits per heavy atom. The number of hydrogen-bond donors (Lipinski definition) is 1. The van der Waals surface area contributed by atoms with Gasteiger partial charge in [0.2, 0.25) is 0 Å². The van der Waals surface area contributed by atoms with Gasteiger partial charge in [-0.2, -0.15) is 0 Å². The molecule has 0 heterocycles. The highest BCUT2D eigenvalue weighted by molar-refractivity contribution is 5.27. The first-order chi connectivity index (χ1) is 9.72. The second kappa shape index (κ2) is 7.68. The van der Waals surface area contributed by atoms with Gasteiger partial charge < -0.3 is 10.1 Å². The molecule has 1 aromatic carbocycles. The van der Waals surface area contributed by atoms with Crippen molar-refractivity contribution in [3.63, 3.8) is 0 Å². The van der Waals surface area contributed by atoms with Crippen LogP contribution < -0.4 is 10.1 Å². The van der Waals surface area contributed by atoms with Crippen molar-refractivity contribution in [2.45, 2.75) is 64.5 Å². The molecule has 1 N–H and O–H groups in total. The van der Waals surface area contributed by atoms with E-state index in [1.165, 1.54) is 37.7 Å². The molecule has 0 aliphatic heterocycles. The van der Waals surface area contributed by atoms with E-state index < -0.39 is 0 Å². The summed E-state index contributed by atoms with van der Waals surface area (Å²) in [5.74, 6) is 1.81. The Kier molecular flexibility index (Phi) is 5.90. The van der Waals surface area contributed by atoms with E-state index in [1.807, 2.05) is 0 Å². The molecule has 0 radical (unpaired) electrons. The maximum atomic E-state index is 5.21. The molecule has 1 aliphatic carbocycles. The van der Waals surface area contributed by atoms with Crippen molar-refractivity contribution >= 4 is 0 Å². The summed E-state index contributed by atoms with van der Waals surface area (Å²) in [7, 11) is 1.72. The highest BCUT2D eigenvalue weighted by Crippen LogP contribution is 2.27. The fraction of sp³-hybridized carbons (Fsp3) is 0.667. The predicted molar refractivity (Wildman–Crippen MR) is 85.3 cm³/mol. The van der Waals surface area contributed by atoms with Crippen molar-refractivity contribution in [2.24, 2.45) is 5.92 Å². The number of hydrogen-bond acceptors (Lipinski definition) is 2. The summed E-state index contributed by atoms with van der Waals surface area (Å²) >= 11 is 0. The van der Waals surface area contributed by atoms with Crippen LogP contribution in [0.3, 0.4) is 0 Å². The Morgan fingerprint density at radius 1 is 1.20 bits per heavy atom. The van der Waals surface area contributed by atoms with Crippen molar-refractivity contribution in [3.8, 4) is 5.75 Å². The minimum Gasteiger partial charge on any atom is -0.497 e. The van der Waals surface area contributed by atoms with E-state index in [9.17, 15) is 0 Å². The highest BCUT2D eigenvalue weighted by Gasteiger charge is 2.24. The van der Waals surface area contributed by atoms with E-state index in [0.717, 1.165) is 24.1 Å². The van der Waals surface area contributed by atoms with Crippen LogP contribution in [-0.2, 0) is 6.42 Å². The van der Waals surface area contributed by atoms with E-state index in [1.54, 1.807) is 7.11 Å². The normalized spacial score (nSPS) is 24.4. The lowest BCUT2D eigenvalue weighted by Gasteiger charge is -2.34. The van der Waals surface area contributed by atoms with E-state index in [-0.39, 0.29) is 0 Å². The zero-order valence-corrected chi connectivity index (χ0v) is 13.2. The van der Waals surface area contributed by atoms with Gasteiger partial charge in [-0.3, -0.25) is 0 Å². The van der Waals surface area contributed by atoms with Crippen molar-refractivity contribution in [1.82, 2.24) is 5.32 Å². The lowest BCUT2D eigenvalue weighted by Crippen LogP contribution is -2.43. The molecule has 2 heteroatoms. The minimum absolute atomic E-state index is 0.542. The number of nitrogens with one attached hydrogen (secondary N) is 1. The van der Waals surface area contributed by atoms with Gasteiger partial charge in [0.25, 0.3) is 0 Å². The number of methoxy groups -OCH3 is 1. The molecule has 0 amide bonds. The Labute approximate surface area is 123 Å². The third kappa shape index (κ3) is 4.24. The van der Waals surface area contributed by atoms with Crippen LogP contribution in [-0.4, -0.2) is 19.2 Å². The van der Waals surface area contributed by atoms with Crippen LogP contribution in [0.25, 0.3) is 0 Å². The Morgan fingerprint density at radius 3 is 2.55 bits per heavy atom. The molecule has 0 saturated heterocycles. The van der Waals surface area contributed by atoms with Gasteiger partial charge in [-0.15, -0.1) is 0 Å². The van der Waals surface area contributed by atoms with E-state index in [0.29, 0.717) is 6.04 Å². The van der Waals surface area contributed by atoms with Gasteiger partial charge in [0.05, 0.1) is 7.11 Å². The fourth-order valence-electron chi connectivity index (χ4n) is 3.46. The van der Waals surface area contributed by atoms with Gasteiger partial charge in [0.1, 0.15) is 5.75 Å². The molecule has 3 atom stereocenters. The maximum Gasteiger partial charge on any atom is 0.118 e. The van der Waals surface area contributed by atoms with Gasteiger partial charge in [-0.05, 0) is 49.8 Å². The van der Waals surface area contributed by atoms with Crippen LogP contribution in [0.1, 0.15) is 51.5 Å². The molecule has 2 nitrogen and oxygen atoms in total. The molecule has 1 aromatic rings. The van der Waals surface area contributed by atoms with Gasteiger partial charge in [0, 0.05) is 12.1 Å². The topological polar surface area (TPSA) is 21.3 Å². The predicted octanol–water partition coefficient (Wildman–Crippen LogP) is 4.18. The molecule has 20 heavy (non-hydrogen) atoms. The van der Waals surface area contributed by atoms with Gasteiger partial charge in [0.15, 0.2) is 0 Å². The molecular formula is C18H29NO. The Bertz CT molecular complexity index is 387. The Hall–Kier alpha value is -1.02. The van der Waals surface area contributed by atoms with Crippen LogP contribution in [0.5, 0.6) is 5.75 Å². The third-order valence-corrected chi connectivity index (χ3v) is 4.63. The zero-order valence-electron chi connectivity index (χ0n) is 13.2. The van der Waals surface area contributed by atoms with Crippen LogP contribution in [0.15, 0.2) is 24.3 Å². The molecular weight excluding hydrogens is 246 g/mol. The van der Waals surface area contributed by atoms with Gasteiger partial charge in [-0.25, -0.2) is 0 Å². The second-order valence-corrected chi connectivity index (χ2v) is 6.18. The third-order valence-electron chi connectivity index (χ3n) is 4.63. The molecule has 1 fully saturated rings. The minimum atomic E-state index is 0.542. The molecule has 3 unspecified atom stereocenters. The largest absolute Gasteiger partial charge is 0.497 e. The van der Waals surface area contributed by atoms with Crippen LogP contribution in [0.4, 0.5) is 0 Å². The summed E-state index contributed by atoms with van der Waals surface area (Å²) < 4.78 is 5.21. The second-order valence-electron chi connectivity index (χ2n) is 6.18. The summed E-state index contributed by atoms with van der Waals surface area (Å²) in [5.41, 5.74) is 1.38. The Balaban J connectivity index is 1.85.